The van der Waals surface area contributed by atoms with Gasteiger partial charge in [-0.3, -0.25) is 9.93 Å². The van der Waals surface area contributed by atoms with E-state index in [2.05, 4.69) is 0 Å². The molecule has 1 aliphatic carbocycles. The first-order valence-corrected chi connectivity index (χ1v) is 16.2. The zero-order valence-corrected chi connectivity index (χ0v) is 26.2. The van der Waals surface area contributed by atoms with Gasteiger partial charge in [-0.25, -0.2) is 8.78 Å². The van der Waals surface area contributed by atoms with E-state index < -0.39 is 18.3 Å². The van der Waals surface area contributed by atoms with Gasteiger partial charge in [0.2, 0.25) is 5.91 Å². The lowest BCUT2D eigenvalue weighted by Crippen LogP contribution is -2.32. The zero-order valence-electron chi connectivity index (χ0n) is 24.7. The molecule has 0 bridgehead atoms. The highest BCUT2D eigenvalue weighted by molar-refractivity contribution is 7.97. The van der Waals surface area contributed by atoms with E-state index in [9.17, 15) is 13.6 Å². The molecule has 1 heterocycles. The molecule has 2 aliphatic rings. The fourth-order valence-corrected chi connectivity index (χ4v) is 5.52. The fraction of sp³-hybridized carbons (Fsp3) is 0.441. The van der Waals surface area contributed by atoms with Crippen molar-refractivity contribution in [1.29, 1.82) is 0 Å². The number of halogens is 3. The normalized spacial score (nSPS) is 15.2. The minimum atomic E-state index is -3.15. The molecule has 0 spiro atoms. The monoisotopic (exact) mass is 616 g/mol. The van der Waals surface area contributed by atoms with Crippen LogP contribution in [0.5, 0.6) is 5.75 Å². The summed E-state index contributed by atoms with van der Waals surface area (Å²) in [5.41, 5.74) is 1.60. The van der Waals surface area contributed by atoms with Gasteiger partial charge in [0.1, 0.15) is 5.75 Å². The predicted octanol–water partition coefficient (Wildman–Crippen LogP) is 9.75. The number of nitrogens with zero attached hydrogens (tertiary/aromatic N) is 1. The molecule has 1 aliphatic heterocycles. The van der Waals surface area contributed by atoms with Crippen molar-refractivity contribution >= 4 is 29.5 Å². The van der Waals surface area contributed by atoms with Crippen LogP contribution in [0.2, 0.25) is 5.02 Å². The van der Waals surface area contributed by atoms with E-state index >= 15 is 0 Å². The molecule has 42 heavy (non-hydrogen) atoms. The Bertz CT molecular complexity index is 1200. The molecule has 3 aromatic carbocycles. The molecule has 2 fully saturated rings. The first kappa shape index (κ1) is 33.9. The van der Waals surface area contributed by atoms with Crippen molar-refractivity contribution in [3.8, 4) is 16.9 Å². The second kappa shape index (κ2) is 17.5. The van der Waals surface area contributed by atoms with Gasteiger partial charge in [-0.2, -0.15) is 0 Å². The summed E-state index contributed by atoms with van der Waals surface area (Å²) in [5.74, 6) is -1.90. The number of rotatable bonds is 8. The molecule has 4 nitrogen and oxygen atoms in total. The van der Waals surface area contributed by atoms with Crippen LogP contribution in [0.15, 0.2) is 77.7 Å². The van der Waals surface area contributed by atoms with Gasteiger partial charge in [0.15, 0.2) is 0 Å². The van der Waals surface area contributed by atoms with Crippen LogP contribution < -0.4 is 9.88 Å². The van der Waals surface area contributed by atoms with Crippen molar-refractivity contribution < 1.29 is 18.3 Å². The van der Waals surface area contributed by atoms with E-state index in [1.165, 1.54) is 61.1 Å². The third kappa shape index (κ3) is 10.6. The van der Waals surface area contributed by atoms with Crippen LogP contribution in [0.4, 0.5) is 8.78 Å². The Kier molecular flexibility index (Phi) is 14.1. The summed E-state index contributed by atoms with van der Waals surface area (Å²) in [4.78, 5) is 14.6. The molecule has 0 radical (unpaired) electrons. The highest BCUT2D eigenvalue weighted by atomic mass is 35.5. The molecular weight excluding hydrogens is 574 g/mol. The maximum Gasteiger partial charge on any atom is 0.281 e. The van der Waals surface area contributed by atoms with Crippen molar-refractivity contribution in [2.45, 2.75) is 76.0 Å². The van der Waals surface area contributed by atoms with Crippen LogP contribution in [0.3, 0.4) is 0 Å². The largest absolute Gasteiger partial charge is 0.493 e. The molecule has 1 saturated heterocycles. The number of carbonyl (C=O) groups is 1. The molecule has 228 valence electrons. The second-order valence-electron chi connectivity index (χ2n) is 10.5. The number of benzene rings is 3. The topological polar surface area (TPSA) is 55.6 Å². The average molecular weight is 617 g/mol. The van der Waals surface area contributed by atoms with Gasteiger partial charge < -0.3 is 9.64 Å². The summed E-state index contributed by atoms with van der Waals surface area (Å²) in [6.45, 7) is 6.05. The Hall–Kier alpha value is -2.61. The lowest BCUT2D eigenvalue weighted by atomic mass is 9.90. The summed E-state index contributed by atoms with van der Waals surface area (Å²) in [7, 11) is 0. The van der Waals surface area contributed by atoms with Crippen LogP contribution >= 0.6 is 23.5 Å². The Balaban J connectivity index is 0.000000234. The minimum Gasteiger partial charge on any atom is -0.493 e. The zero-order chi connectivity index (χ0) is 30.4. The number of nitrogens with two attached hydrogens (primary N) is 1. The maximum absolute atomic E-state index is 14.4. The summed E-state index contributed by atoms with van der Waals surface area (Å²) in [5, 5.41) is 6.09. The first-order chi connectivity index (χ1) is 20.3. The van der Waals surface area contributed by atoms with E-state index in [0.717, 1.165) is 47.1 Å². The molecule has 1 saturated carbocycles. The Labute approximate surface area is 259 Å². The van der Waals surface area contributed by atoms with Crippen LogP contribution in [0, 0.1) is 5.92 Å². The number of amides is 1. The van der Waals surface area contributed by atoms with Crippen molar-refractivity contribution in [2.24, 2.45) is 11.1 Å². The fourth-order valence-electron chi connectivity index (χ4n) is 5.10. The standard InChI is InChI=1S/C19H18ClF2NO.C13H19NOS.C2H6/c20-17-9-5-15(6-10-17)14-3-7-16(8-4-14)19(21,22)13-18(24)23-11-1-2-12-23;14-16-13-8-6-12(7-9-13)15-10-11-4-2-1-3-5-11;1-2/h3-10H,1-2,11-13H2;6-9,11H,1-5,10,14H2;1-2H3. The molecule has 8 heteroatoms. The van der Waals surface area contributed by atoms with Crippen LogP contribution in [0.1, 0.15) is 70.8 Å². The molecule has 1 amide bonds. The third-order valence-electron chi connectivity index (χ3n) is 7.49. The minimum absolute atomic E-state index is 0.132. The Morgan fingerprint density at radius 1 is 0.881 bits per heavy atom. The first-order valence-electron chi connectivity index (χ1n) is 15.0. The van der Waals surface area contributed by atoms with Crippen LogP contribution in [-0.4, -0.2) is 30.5 Å². The van der Waals surface area contributed by atoms with Gasteiger partial charge in [0.25, 0.3) is 5.92 Å². The van der Waals surface area contributed by atoms with Crippen molar-refractivity contribution in [3.05, 3.63) is 83.4 Å². The lowest BCUT2D eigenvalue weighted by Gasteiger charge is -2.21. The van der Waals surface area contributed by atoms with Gasteiger partial charge in [-0.05, 0) is 91.1 Å². The van der Waals surface area contributed by atoms with Gasteiger partial charge in [0, 0.05) is 28.6 Å². The number of hydrogen-bond donors (Lipinski definition) is 1. The highest BCUT2D eigenvalue weighted by Gasteiger charge is 2.36. The van der Waals surface area contributed by atoms with E-state index in [1.54, 1.807) is 24.3 Å². The molecule has 3 aromatic rings. The van der Waals surface area contributed by atoms with Crippen LogP contribution in [-0.2, 0) is 10.7 Å². The second-order valence-corrected chi connectivity index (χ2v) is 11.6. The maximum atomic E-state index is 14.4. The molecule has 0 unspecified atom stereocenters. The van der Waals surface area contributed by atoms with Gasteiger partial charge >= 0.3 is 0 Å². The summed E-state index contributed by atoms with van der Waals surface area (Å²) >= 11 is 7.12. The van der Waals surface area contributed by atoms with E-state index in [0.29, 0.717) is 18.1 Å². The van der Waals surface area contributed by atoms with Gasteiger partial charge in [-0.15, -0.1) is 0 Å². The molecule has 0 atom stereocenters. The van der Waals surface area contributed by atoms with Crippen molar-refractivity contribution in [3.63, 3.8) is 0 Å². The van der Waals surface area contributed by atoms with Crippen molar-refractivity contribution in [2.75, 3.05) is 19.7 Å². The van der Waals surface area contributed by atoms with Gasteiger partial charge in [-0.1, -0.05) is 81.1 Å². The number of alkyl halides is 2. The van der Waals surface area contributed by atoms with E-state index in [4.69, 9.17) is 21.5 Å². The molecule has 2 N–H and O–H groups in total. The smallest absolute Gasteiger partial charge is 0.281 e. The number of likely N-dealkylation sites (tertiary alicyclic amines) is 1. The van der Waals surface area contributed by atoms with Crippen molar-refractivity contribution in [1.82, 2.24) is 4.90 Å². The highest BCUT2D eigenvalue weighted by Crippen LogP contribution is 2.34. The summed E-state index contributed by atoms with van der Waals surface area (Å²) < 4.78 is 34.6. The van der Waals surface area contributed by atoms with Gasteiger partial charge in [0.05, 0.1) is 13.0 Å². The predicted molar refractivity (Wildman–Crippen MR) is 171 cm³/mol. The number of ether oxygens (including phenoxy) is 1. The van der Waals surface area contributed by atoms with E-state index in [1.807, 2.05) is 50.2 Å². The quantitative estimate of drug-likeness (QED) is 0.256. The third-order valence-corrected chi connectivity index (χ3v) is 8.28. The Morgan fingerprint density at radius 3 is 1.98 bits per heavy atom. The average Bonchev–Trinajstić information content (AvgIpc) is 3.58. The number of carbonyl (C=O) groups excluding carboxylic acids is 1. The molecule has 0 aromatic heterocycles. The van der Waals surface area contributed by atoms with Crippen LogP contribution in [0.25, 0.3) is 11.1 Å². The SMILES string of the molecule is CC.NSc1ccc(OCC2CCCCC2)cc1.O=C(CC(F)(F)c1ccc(-c2ccc(Cl)cc2)cc1)N1CCCC1. The molecule has 5 rings (SSSR count). The Morgan fingerprint density at radius 2 is 1.43 bits per heavy atom. The number of hydrogen-bond acceptors (Lipinski definition) is 4. The lowest BCUT2D eigenvalue weighted by molar-refractivity contribution is -0.138. The summed E-state index contributed by atoms with van der Waals surface area (Å²) in [6, 6.07) is 21.3. The van der Waals surface area contributed by atoms with E-state index in [-0.39, 0.29) is 5.56 Å². The summed E-state index contributed by atoms with van der Waals surface area (Å²) in [6.07, 6.45) is 7.83. The molecular formula is C34H43ClF2N2O2S.